The van der Waals surface area contributed by atoms with E-state index in [1.54, 1.807) is 12.1 Å². The summed E-state index contributed by atoms with van der Waals surface area (Å²) in [5.41, 5.74) is 2.16. The third-order valence-corrected chi connectivity index (χ3v) is 3.53. The fourth-order valence-electron chi connectivity index (χ4n) is 1.99. The summed E-state index contributed by atoms with van der Waals surface area (Å²) in [4.78, 5) is 16.2. The number of carbonyl (C=O) groups is 1. The normalized spacial score (nSPS) is 12.0. The van der Waals surface area contributed by atoms with Crippen LogP contribution in [0.2, 0.25) is 5.02 Å². The summed E-state index contributed by atoms with van der Waals surface area (Å²) in [5, 5.41) is 6.49. The highest BCUT2D eigenvalue weighted by molar-refractivity contribution is 6.30. The van der Waals surface area contributed by atoms with Crippen LogP contribution in [-0.4, -0.2) is 16.9 Å². The van der Waals surface area contributed by atoms with Crippen molar-refractivity contribution in [3.8, 4) is 0 Å². The van der Waals surface area contributed by atoms with Gasteiger partial charge in [-0.05, 0) is 42.7 Å². The second-order valence-corrected chi connectivity index (χ2v) is 5.93. The van der Waals surface area contributed by atoms with Crippen LogP contribution in [0.25, 0.3) is 0 Å². The van der Waals surface area contributed by atoms with Crippen LogP contribution in [0.1, 0.15) is 32.3 Å². The highest BCUT2D eigenvalue weighted by atomic mass is 35.5. The van der Waals surface area contributed by atoms with Gasteiger partial charge in [0, 0.05) is 11.9 Å². The fraction of sp³-hybridized carbons (Fsp3) is 0.294. The summed E-state index contributed by atoms with van der Waals surface area (Å²) in [6.45, 7) is 6.09. The molecule has 116 valence electrons. The van der Waals surface area contributed by atoms with Crippen LogP contribution in [0.5, 0.6) is 0 Å². The molecule has 2 aromatic rings. The van der Waals surface area contributed by atoms with E-state index < -0.39 is 0 Å². The maximum Gasteiger partial charge on any atom is 0.247 e. The maximum atomic E-state index is 12.2. The number of aromatic nitrogens is 1. The molecule has 1 atom stereocenters. The first-order chi connectivity index (χ1) is 10.5. The Morgan fingerprint density at radius 2 is 1.95 bits per heavy atom. The van der Waals surface area contributed by atoms with Crippen molar-refractivity contribution in [1.82, 2.24) is 4.98 Å². The molecule has 22 heavy (non-hydrogen) atoms. The molecule has 4 nitrogen and oxygen atoms in total. The smallest absolute Gasteiger partial charge is 0.247 e. The van der Waals surface area contributed by atoms with Crippen LogP contribution in [0.3, 0.4) is 0 Å². The predicted octanol–water partition coefficient (Wildman–Crippen LogP) is 4.30. The van der Waals surface area contributed by atoms with Gasteiger partial charge < -0.3 is 10.6 Å². The van der Waals surface area contributed by atoms with Gasteiger partial charge in [-0.25, -0.2) is 4.98 Å². The van der Waals surface area contributed by atoms with Crippen LogP contribution in [0.4, 0.5) is 11.5 Å². The van der Waals surface area contributed by atoms with Crippen LogP contribution in [0, 0.1) is 0 Å². The Morgan fingerprint density at radius 1 is 1.18 bits per heavy atom. The van der Waals surface area contributed by atoms with Gasteiger partial charge in [0.2, 0.25) is 5.91 Å². The summed E-state index contributed by atoms with van der Waals surface area (Å²) in [5.74, 6) is 0.785. The van der Waals surface area contributed by atoms with Gasteiger partial charge in [0.1, 0.15) is 11.9 Å². The lowest BCUT2D eigenvalue weighted by molar-refractivity contribution is -0.116. The van der Waals surface area contributed by atoms with E-state index in [9.17, 15) is 4.79 Å². The quantitative estimate of drug-likeness (QED) is 0.864. The Kier molecular flexibility index (Phi) is 5.39. The average Bonchev–Trinajstić information content (AvgIpc) is 2.49. The maximum absolute atomic E-state index is 12.2. The summed E-state index contributed by atoms with van der Waals surface area (Å²) < 4.78 is 0. The Labute approximate surface area is 135 Å². The van der Waals surface area contributed by atoms with Crippen molar-refractivity contribution in [3.05, 3.63) is 53.2 Å². The lowest BCUT2D eigenvalue weighted by atomic mass is 10.0. The summed E-state index contributed by atoms with van der Waals surface area (Å²) in [6.07, 6.45) is 1.50. The Balaban J connectivity index is 1.99. The van der Waals surface area contributed by atoms with E-state index in [0.717, 1.165) is 5.69 Å². The number of hydrogen-bond acceptors (Lipinski definition) is 3. The molecule has 1 amide bonds. The molecular weight excluding hydrogens is 298 g/mol. The summed E-state index contributed by atoms with van der Waals surface area (Å²) in [7, 11) is 0. The third kappa shape index (κ3) is 4.46. The monoisotopic (exact) mass is 317 g/mol. The Bertz CT molecular complexity index is 641. The molecular formula is C17H20ClN3O. The van der Waals surface area contributed by atoms with Crippen molar-refractivity contribution in [2.75, 3.05) is 10.6 Å². The first-order valence-corrected chi connectivity index (χ1v) is 7.62. The molecule has 0 saturated heterocycles. The molecule has 0 spiro atoms. The van der Waals surface area contributed by atoms with Crippen molar-refractivity contribution >= 4 is 29.0 Å². The first-order valence-electron chi connectivity index (χ1n) is 7.24. The van der Waals surface area contributed by atoms with Gasteiger partial charge in [-0.15, -0.1) is 0 Å². The SMILES string of the molecule is CC(C)c1cccc(N[C@H](C)C(=O)Nc2ccc(Cl)cn2)c1. The standard InChI is InChI=1S/C17H20ClN3O/c1-11(2)13-5-4-6-15(9-13)20-12(3)17(22)21-16-8-7-14(18)10-19-16/h4-12,20H,1-3H3,(H,19,21,22)/t12-/m1/s1. The number of nitrogens with one attached hydrogen (secondary N) is 2. The number of nitrogens with zero attached hydrogens (tertiary/aromatic N) is 1. The van der Waals surface area contributed by atoms with Gasteiger partial charge in [0.25, 0.3) is 0 Å². The topological polar surface area (TPSA) is 54.0 Å². The number of hydrogen-bond donors (Lipinski definition) is 2. The van der Waals surface area contributed by atoms with Crippen molar-refractivity contribution in [2.24, 2.45) is 0 Å². The van der Waals surface area contributed by atoms with E-state index in [0.29, 0.717) is 16.8 Å². The molecule has 1 aromatic heterocycles. The van der Waals surface area contributed by atoms with Gasteiger partial charge in [0.05, 0.1) is 5.02 Å². The summed E-state index contributed by atoms with van der Waals surface area (Å²) >= 11 is 5.77. The van der Waals surface area contributed by atoms with Gasteiger partial charge in [-0.1, -0.05) is 37.6 Å². The van der Waals surface area contributed by atoms with Crippen LogP contribution in [-0.2, 0) is 4.79 Å². The van der Waals surface area contributed by atoms with Gasteiger partial charge in [-0.2, -0.15) is 0 Å². The number of benzene rings is 1. The molecule has 0 aliphatic rings. The van der Waals surface area contributed by atoms with Gasteiger partial charge in [0.15, 0.2) is 0 Å². The fourth-order valence-corrected chi connectivity index (χ4v) is 2.10. The predicted molar refractivity (Wildman–Crippen MR) is 91.5 cm³/mol. The number of carbonyl (C=O) groups excluding carboxylic acids is 1. The van der Waals surface area contributed by atoms with Crippen molar-refractivity contribution in [3.63, 3.8) is 0 Å². The number of pyridine rings is 1. The number of amides is 1. The molecule has 1 heterocycles. The lowest BCUT2D eigenvalue weighted by Crippen LogP contribution is -2.32. The minimum absolute atomic E-state index is 0.148. The molecule has 0 aliphatic carbocycles. The van der Waals surface area contributed by atoms with E-state index in [1.807, 2.05) is 19.1 Å². The Morgan fingerprint density at radius 3 is 2.59 bits per heavy atom. The van der Waals surface area contributed by atoms with Gasteiger partial charge >= 0.3 is 0 Å². The molecule has 0 fully saturated rings. The third-order valence-electron chi connectivity index (χ3n) is 3.31. The van der Waals surface area contributed by atoms with E-state index in [1.165, 1.54) is 11.8 Å². The molecule has 1 aromatic carbocycles. The van der Waals surface area contributed by atoms with E-state index >= 15 is 0 Å². The molecule has 0 saturated carbocycles. The van der Waals surface area contributed by atoms with Crippen LogP contribution in [0.15, 0.2) is 42.6 Å². The van der Waals surface area contributed by atoms with E-state index in [-0.39, 0.29) is 11.9 Å². The van der Waals surface area contributed by atoms with E-state index in [2.05, 4.69) is 41.6 Å². The minimum Gasteiger partial charge on any atom is -0.374 e. The highest BCUT2D eigenvalue weighted by Gasteiger charge is 2.13. The van der Waals surface area contributed by atoms with E-state index in [4.69, 9.17) is 11.6 Å². The molecule has 2 N–H and O–H groups in total. The molecule has 0 aliphatic heterocycles. The molecule has 2 rings (SSSR count). The van der Waals surface area contributed by atoms with Crippen molar-refractivity contribution < 1.29 is 4.79 Å². The number of halogens is 1. The van der Waals surface area contributed by atoms with Crippen molar-refractivity contribution in [1.29, 1.82) is 0 Å². The molecule has 0 radical (unpaired) electrons. The lowest BCUT2D eigenvalue weighted by Gasteiger charge is -2.16. The molecule has 5 heteroatoms. The largest absolute Gasteiger partial charge is 0.374 e. The first kappa shape index (κ1) is 16.3. The second-order valence-electron chi connectivity index (χ2n) is 5.50. The number of anilines is 2. The molecule has 0 bridgehead atoms. The van der Waals surface area contributed by atoms with Crippen LogP contribution < -0.4 is 10.6 Å². The zero-order chi connectivity index (χ0) is 16.1. The van der Waals surface area contributed by atoms with Crippen LogP contribution >= 0.6 is 11.6 Å². The molecule has 0 unspecified atom stereocenters. The van der Waals surface area contributed by atoms with Crippen molar-refractivity contribution in [2.45, 2.75) is 32.7 Å². The minimum atomic E-state index is -0.375. The zero-order valence-electron chi connectivity index (χ0n) is 12.9. The number of rotatable bonds is 5. The average molecular weight is 318 g/mol. The highest BCUT2D eigenvalue weighted by Crippen LogP contribution is 2.19. The van der Waals surface area contributed by atoms with Gasteiger partial charge in [-0.3, -0.25) is 4.79 Å². The Hall–Kier alpha value is -2.07. The second kappa shape index (κ2) is 7.27. The summed E-state index contributed by atoms with van der Waals surface area (Å²) in [6, 6.07) is 11.1. The zero-order valence-corrected chi connectivity index (χ0v) is 13.7.